The van der Waals surface area contributed by atoms with Gasteiger partial charge in [0.2, 0.25) is 0 Å². The van der Waals surface area contributed by atoms with Gasteiger partial charge in [0.15, 0.2) is 0 Å². The van der Waals surface area contributed by atoms with Crippen LogP contribution in [-0.4, -0.2) is 0 Å². The van der Waals surface area contributed by atoms with Gasteiger partial charge in [-0.1, -0.05) is 45.6 Å². The van der Waals surface area contributed by atoms with E-state index in [4.69, 9.17) is 0 Å². The zero-order valence-corrected chi connectivity index (χ0v) is 8.72. The van der Waals surface area contributed by atoms with Gasteiger partial charge in [-0.2, -0.15) is 0 Å². The lowest BCUT2D eigenvalue weighted by Crippen LogP contribution is -1.95. The molecule has 0 spiro atoms. The SMILES string of the molecule is C=C/C=C(C)\C(=C/CC)C(C)C. The Morgan fingerprint density at radius 1 is 1.42 bits per heavy atom. The van der Waals surface area contributed by atoms with Crippen molar-refractivity contribution in [2.45, 2.75) is 34.1 Å². The van der Waals surface area contributed by atoms with Crippen LogP contribution in [-0.2, 0) is 0 Å². The predicted molar refractivity (Wildman–Crippen MR) is 57.2 cm³/mol. The molecule has 0 radical (unpaired) electrons. The first-order chi connectivity index (χ1) is 5.63. The standard InChI is InChI=1S/C12H20/c1-6-8-11(5)12(9-7-2)10(3)4/h6,8-10H,1,7H2,2-5H3/b11-8-,12-9-. The maximum Gasteiger partial charge on any atom is -0.0219 e. The van der Waals surface area contributed by atoms with E-state index in [1.165, 1.54) is 11.1 Å². The van der Waals surface area contributed by atoms with Crippen molar-refractivity contribution in [3.8, 4) is 0 Å². The van der Waals surface area contributed by atoms with Gasteiger partial charge in [0.05, 0.1) is 0 Å². The van der Waals surface area contributed by atoms with Gasteiger partial charge in [-0.15, -0.1) is 0 Å². The first kappa shape index (κ1) is 11.2. The van der Waals surface area contributed by atoms with Crippen molar-refractivity contribution < 1.29 is 0 Å². The molecule has 0 rings (SSSR count). The Labute approximate surface area is 76.7 Å². The fourth-order valence-corrected chi connectivity index (χ4v) is 1.34. The first-order valence-corrected chi connectivity index (χ1v) is 4.63. The highest BCUT2D eigenvalue weighted by Gasteiger charge is 2.02. The second-order valence-electron chi connectivity index (χ2n) is 3.31. The molecule has 0 aliphatic carbocycles. The molecule has 0 heterocycles. The summed E-state index contributed by atoms with van der Waals surface area (Å²) in [5.74, 6) is 0.612. The third-order valence-corrected chi connectivity index (χ3v) is 1.87. The average Bonchev–Trinajstić information content (AvgIpc) is 1.99. The molecule has 12 heavy (non-hydrogen) atoms. The van der Waals surface area contributed by atoms with Crippen molar-refractivity contribution >= 4 is 0 Å². The van der Waals surface area contributed by atoms with E-state index in [0.29, 0.717) is 5.92 Å². The minimum atomic E-state index is 0.612. The summed E-state index contributed by atoms with van der Waals surface area (Å²) in [4.78, 5) is 0. The molecule has 0 fully saturated rings. The zero-order valence-electron chi connectivity index (χ0n) is 8.72. The van der Waals surface area contributed by atoms with E-state index in [1.54, 1.807) is 0 Å². The van der Waals surface area contributed by atoms with Gasteiger partial charge in [-0.3, -0.25) is 0 Å². The molecule has 0 nitrogen and oxygen atoms in total. The molecule has 0 aromatic rings. The number of rotatable bonds is 4. The molecule has 0 saturated heterocycles. The van der Waals surface area contributed by atoms with Crippen molar-refractivity contribution in [3.05, 3.63) is 36.0 Å². The van der Waals surface area contributed by atoms with Crippen molar-refractivity contribution in [3.63, 3.8) is 0 Å². The Bertz CT molecular complexity index is 192. The molecular weight excluding hydrogens is 144 g/mol. The highest BCUT2D eigenvalue weighted by molar-refractivity contribution is 5.32. The highest BCUT2D eigenvalue weighted by atomic mass is 14.1. The van der Waals surface area contributed by atoms with Crippen molar-refractivity contribution in [1.29, 1.82) is 0 Å². The maximum absolute atomic E-state index is 3.70. The Morgan fingerprint density at radius 2 is 2.00 bits per heavy atom. The van der Waals surface area contributed by atoms with Crippen LogP contribution in [0.3, 0.4) is 0 Å². The van der Waals surface area contributed by atoms with E-state index in [2.05, 4.69) is 46.4 Å². The Kier molecular flexibility index (Phi) is 5.44. The molecule has 0 aliphatic heterocycles. The summed E-state index contributed by atoms with van der Waals surface area (Å²) < 4.78 is 0. The number of allylic oxidation sites excluding steroid dienone is 5. The van der Waals surface area contributed by atoms with Gasteiger partial charge in [0.1, 0.15) is 0 Å². The Hall–Kier alpha value is -0.780. The van der Waals surface area contributed by atoms with E-state index in [9.17, 15) is 0 Å². The molecule has 0 heteroatoms. The summed E-state index contributed by atoms with van der Waals surface area (Å²) in [5.41, 5.74) is 2.78. The topological polar surface area (TPSA) is 0 Å². The second-order valence-corrected chi connectivity index (χ2v) is 3.31. The monoisotopic (exact) mass is 164 g/mol. The molecule has 0 saturated carbocycles. The first-order valence-electron chi connectivity index (χ1n) is 4.63. The fraction of sp³-hybridized carbons (Fsp3) is 0.500. The minimum absolute atomic E-state index is 0.612. The lowest BCUT2D eigenvalue weighted by Gasteiger charge is -2.11. The molecule has 0 aliphatic rings. The van der Waals surface area contributed by atoms with E-state index in [1.807, 2.05) is 6.08 Å². The van der Waals surface area contributed by atoms with Crippen LogP contribution in [0, 0.1) is 5.92 Å². The summed E-state index contributed by atoms with van der Waals surface area (Å²) in [6.07, 6.45) is 7.32. The minimum Gasteiger partial charge on any atom is -0.0991 e. The predicted octanol–water partition coefficient (Wildman–Crippen LogP) is 4.11. The fourth-order valence-electron chi connectivity index (χ4n) is 1.34. The second kappa shape index (κ2) is 5.82. The van der Waals surface area contributed by atoms with Crippen LogP contribution >= 0.6 is 0 Å². The van der Waals surface area contributed by atoms with E-state index >= 15 is 0 Å². The van der Waals surface area contributed by atoms with E-state index in [0.717, 1.165) is 6.42 Å². The molecule has 0 amide bonds. The maximum atomic E-state index is 3.70. The van der Waals surface area contributed by atoms with Crippen molar-refractivity contribution in [1.82, 2.24) is 0 Å². The van der Waals surface area contributed by atoms with Crippen LogP contribution in [0.15, 0.2) is 36.0 Å². The molecule has 0 unspecified atom stereocenters. The van der Waals surface area contributed by atoms with Crippen LogP contribution < -0.4 is 0 Å². The highest BCUT2D eigenvalue weighted by Crippen LogP contribution is 2.19. The zero-order chi connectivity index (χ0) is 9.56. The van der Waals surface area contributed by atoms with Crippen LogP contribution in [0.2, 0.25) is 0 Å². The van der Waals surface area contributed by atoms with Crippen molar-refractivity contribution in [2.24, 2.45) is 5.92 Å². The van der Waals surface area contributed by atoms with Gasteiger partial charge in [-0.25, -0.2) is 0 Å². The molecular formula is C12H20. The summed E-state index contributed by atoms with van der Waals surface area (Å²) in [7, 11) is 0. The van der Waals surface area contributed by atoms with Crippen LogP contribution in [0.5, 0.6) is 0 Å². The largest absolute Gasteiger partial charge is 0.0991 e. The smallest absolute Gasteiger partial charge is 0.0219 e. The van der Waals surface area contributed by atoms with E-state index in [-0.39, 0.29) is 0 Å². The normalized spacial score (nSPS) is 13.8. The quantitative estimate of drug-likeness (QED) is 0.548. The number of hydrogen-bond donors (Lipinski definition) is 0. The summed E-state index contributed by atoms with van der Waals surface area (Å²) >= 11 is 0. The van der Waals surface area contributed by atoms with Crippen LogP contribution in [0.4, 0.5) is 0 Å². The van der Waals surface area contributed by atoms with Crippen LogP contribution in [0.25, 0.3) is 0 Å². The summed E-state index contributed by atoms with van der Waals surface area (Å²) in [5, 5.41) is 0. The van der Waals surface area contributed by atoms with Crippen LogP contribution in [0.1, 0.15) is 34.1 Å². The third kappa shape index (κ3) is 3.56. The Morgan fingerprint density at radius 3 is 2.33 bits per heavy atom. The molecule has 0 N–H and O–H groups in total. The average molecular weight is 164 g/mol. The molecule has 0 aromatic heterocycles. The summed E-state index contributed by atoms with van der Waals surface area (Å²) in [6.45, 7) is 12.5. The molecule has 0 bridgehead atoms. The van der Waals surface area contributed by atoms with Gasteiger partial charge in [0, 0.05) is 0 Å². The van der Waals surface area contributed by atoms with E-state index < -0.39 is 0 Å². The van der Waals surface area contributed by atoms with Gasteiger partial charge in [-0.05, 0) is 30.4 Å². The molecule has 0 atom stereocenters. The molecule has 68 valence electrons. The summed E-state index contributed by atoms with van der Waals surface area (Å²) in [6, 6.07) is 0. The lowest BCUT2D eigenvalue weighted by atomic mass is 9.95. The molecule has 0 aromatic carbocycles. The lowest BCUT2D eigenvalue weighted by molar-refractivity contribution is 0.771. The number of hydrogen-bond acceptors (Lipinski definition) is 0. The third-order valence-electron chi connectivity index (χ3n) is 1.87. The van der Waals surface area contributed by atoms with Gasteiger partial charge < -0.3 is 0 Å². The Balaban J connectivity index is 4.63. The van der Waals surface area contributed by atoms with Crippen molar-refractivity contribution in [2.75, 3.05) is 0 Å². The van der Waals surface area contributed by atoms with Gasteiger partial charge >= 0.3 is 0 Å². The van der Waals surface area contributed by atoms with Gasteiger partial charge in [0.25, 0.3) is 0 Å².